The van der Waals surface area contributed by atoms with E-state index in [9.17, 15) is 4.79 Å². The normalized spacial score (nSPS) is 22.5. The van der Waals surface area contributed by atoms with Crippen LogP contribution in [0.5, 0.6) is 0 Å². The molecule has 0 N–H and O–H groups in total. The first kappa shape index (κ1) is 11.0. The molecule has 0 radical (unpaired) electrons. The molecule has 0 amide bonds. The number of rotatable bonds is 2. The Bertz CT molecular complexity index is 228. The van der Waals surface area contributed by atoms with Crippen molar-refractivity contribution < 1.29 is 4.79 Å². The third-order valence-corrected chi connectivity index (χ3v) is 2.89. The number of hydrogen-bond donors (Lipinski definition) is 1. The maximum Gasteiger partial charge on any atom is 0.157 e. The van der Waals surface area contributed by atoms with Gasteiger partial charge in [0, 0.05) is 12.5 Å². The van der Waals surface area contributed by atoms with Crippen molar-refractivity contribution in [3.63, 3.8) is 0 Å². The number of carbonyl (C=O) groups excluding carboxylic acids is 1. The van der Waals surface area contributed by atoms with Crippen LogP contribution in [0.2, 0.25) is 0 Å². The predicted octanol–water partition coefficient (Wildman–Crippen LogP) is 1.89. The van der Waals surface area contributed by atoms with Gasteiger partial charge in [-0.05, 0) is 12.8 Å². The lowest BCUT2D eigenvalue weighted by Gasteiger charge is -2.24. The second kappa shape index (κ2) is 4.42. The molecule has 0 spiro atoms. The highest BCUT2D eigenvalue weighted by Crippen LogP contribution is 2.22. The summed E-state index contributed by atoms with van der Waals surface area (Å²) < 4.78 is 0.552. The summed E-state index contributed by atoms with van der Waals surface area (Å²) in [6, 6.07) is -0.00926. The molecule has 1 saturated heterocycles. The van der Waals surface area contributed by atoms with Crippen LogP contribution in [0.25, 0.3) is 0 Å². The Labute approximate surface area is 90.1 Å². The third kappa shape index (κ3) is 2.44. The van der Waals surface area contributed by atoms with Crippen LogP contribution in [-0.2, 0) is 4.79 Å². The topological polar surface area (TPSA) is 20.3 Å². The first-order valence-corrected chi connectivity index (χ1v) is 5.43. The maximum absolute atomic E-state index is 11.7. The highest BCUT2D eigenvalue weighted by atomic mass is 32.1. The fourth-order valence-electron chi connectivity index (χ4n) is 1.68. The quantitative estimate of drug-likeness (QED) is 0.563. The molecule has 1 atom stereocenters. The van der Waals surface area contributed by atoms with E-state index < -0.39 is 0 Å². The summed E-state index contributed by atoms with van der Waals surface area (Å²) in [6.07, 6.45) is 1.97. The number of thiol groups is 1. The average molecular weight is 217 g/mol. The van der Waals surface area contributed by atoms with Gasteiger partial charge < -0.3 is 4.90 Å². The van der Waals surface area contributed by atoms with Gasteiger partial charge in [0.05, 0.1) is 6.04 Å². The molecule has 4 heteroatoms. The number of Topliss-reactive ketones (excluding diaryl/α,β-unsaturated/α-hetero) is 1. The molecule has 2 nitrogen and oxygen atoms in total. The van der Waals surface area contributed by atoms with E-state index in [-0.39, 0.29) is 17.7 Å². The number of likely N-dealkylation sites (tertiary alicyclic amines) is 1. The summed E-state index contributed by atoms with van der Waals surface area (Å²) in [6.45, 7) is 4.74. The number of carbonyl (C=O) groups is 1. The number of thiocarbonyl (C=S) groups is 1. The minimum absolute atomic E-state index is 0.00926. The van der Waals surface area contributed by atoms with Crippen LogP contribution in [0.4, 0.5) is 0 Å². The molecule has 1 aliphatic heterocycles. The van der Waals surface area contributed by atoms with Crippen LogP contribution >= 0.6 is 24.8 Å². The molecule has 0 aromatic carbocycles. The highest BCUT2D eigenvalue weighted by Gasteiger charge is 2.32. The zero-order valence-electron chi connectivity index (χ0n) is 7.99. The van der Waals surface area contributed by atoms with Crippen molar-refractivity contribution in [3.8, 4) is 0 Å². The molecule has 0 aliphatic carbocycles. The van der Waals surface area contributed by atoms with E-state index in [1.54, 1.807) is 0 Å². The van der Waals surface area contributed by atoms with Crippen molar-refractivity contribution in [2.45, 2.75) is 32.7 Å². The average Bonchev–Trinajstić information content (AvgIpc) is 2.50. The molecule has 0 aromatic heterocycles. The van der Waals surface area contributed by atoms with Crippen molar-refractivity contribution in [1.29, 1.82) is 0 Å². The molecule has 1 aliphatic rings. The van der Waals surface area contributed by atoms with Crippen LogP contribution in [0.1, 0.15) is 26.7 Å². The third-order valence-electron chi connectivity index (χ3n) is 2.40. The minimum Gasteiger partial charge on any atom is -0.348 e. The van der Waals surface area contributed by atoms with Crippen molar-refractivity contribution in [2.75, 3.05) is 6.54 Å². The van der Waals surface area contributed by atoms with Crippen LogP contribution in [0.15, 0.2) is 0 Å². The molecule has 1 heterocycles. The number of nitrogens with zero attached hydrogens (tertiary/aromatic N) is 1. The molecule has 0 aromatic rings. The molecule has 0 saturated carbocycles. The van der Waals surface area contributed by atoms with Gasteiger partial charge in [0.1, 0.15) is 4.32 Å². The first-order valence-electron chi connectivity index (χ1n) is 4.57. The Balaban J connectivity index is 2.68. The Hall–Kier alpha value is -0.0900. The van der Waals surface area contributed by atoms with Gasteiger partial charge in [-0.2, -0.15) is 0 Å². The van der Waals surface area contributed by atoms with Crippen LogP contribution in [0, 0.1) is 5.92 Å². The standard InChI is InChI=1S/C9H15NOS2/c1-6(2)8(11)7-4-3-5-10(7)9(12)13/h6-7H,3-5H2,1-2H3,(H,12,13). The first-order chi connectivity index (χ1) is 6.04. The second-order valence-electron chi connectivity index (χ2n) is 3.69. The molecular formula is C9H15NOS2. The molecule has 0 bridgehead atoms. The van der Waals surface area contributed by atoms with Gasteiger partial charge in [-0.3, -0.25) is 4.79 Å². The lowest BCUT2D eigenvalue weighted by molar-refractivity contribution is -0.125. The van der Waals surface area contributed by atoms with Crippen LogP contribution < -0.4 is 0 Å². The summed E-state index contributed by atoms with van der Waals surface area (Å²) in [5.74, 6) is 0.377. The largest absolute Gasteiger partial charge is 0.348 e. The van der Waals surface area contributed by atoms with E-state index in [0.29, 0.717) is 4.32 Å². The lowest BCUT2D eigenvalue weighted by atomic mass is 10.0. The maximum atomic E-state index is 11.7. The minimum atomic E-state index is -0.00926. The summed E-state index contributed by atoms with van der Waals surface area (Å²) in [5, 5.41) is 0. The van der Waals surface area contributed by atoms with Crippen molar-refractivity contribution in [2.24, 2.45) is 5.92 Å². The van der Waals surface area contributed by atoms with E-state index in [1.165, 1.54) is 0 Å². The smallest absolute Gasteiger partial charge is 0.157 e. The van der Waals surface area contributed by atoms with Crippen molar-refractivity contribution in [3.05, 3.63) is 0 Å². The molecule has 74 valence electrons. The van der Waals surface area contributed by atoms with Crippen molar-refractivity contribution >= 4 is 35.0 Å². The second-order valence-corrected chi connectivity index (χ2v) is 4.80. The molecule has 1 unspecified atom stereocenters. The monoisotopic (exact) mass is 217 g/mol. The van der Waals surface area contributed by atoms with E-state index in [2.05, 4.69) is 12.6 Å². The summed E-state index contributed by atoms with van der Waals surface area (Å²) in [5.41, 5.74) is 0. The van der Waals surface area contributed by atoms with Gasteiger partial charge in [0.25, 0.3) is 0 Å². The van der Waals surface area contributed by atoms with E-state index in [4.69, 9.17) is 12.2 Å². The Morgan fingerprint density at radius 1 is 1.62 bits per heavy atom. The number of ketones is 1. The van der Waals surface area contributed by atoms with Gasteiger partial charge in [-0.1, -0.05) is 26.1 Å². The van der Waals surface area contributed by atoms with Gasteiger partial charge in [-0.15, -0.1) is 12.6 Å². The van der Waals surface area contributed by atoms with E-state index >= 15 is 0 Å². The fourth-order valence-corrected chi connectivity index (χ4v) is 2.13. The SMILES string of the molecule is CC(C)C(=O)C1CCCN1C(=S)S. The zero-order chi connectivity index (χ0) is 10.0. The Morgan fingerprint density at radius 3 is 2.69 bits per heavy atom. The molecule has 13 heavy (non-hydrogen) atoms. The van der Waals surface area contributed by atoms with Crippen LogP contribution in [-0.4, -0.2) is 27.6 Å². The number of hydrogen-bond acceptors (Lipinski definition) is 2. The zero-order valence-corrected chi connectivity index (χ0v) is 9.70. The summed E-state index contributed by atoms with van der Waals surface area (Å²) >= 11 is 9.10. The highest BCUT2D eigenvalue weighted by molar-refractivity contribution is 8.10. The Morgan fingerprint density at radius 2 is 2.23 bits per heavy atom. The van der Waals surface area contributed by atoms with Gasteiger partial charge in [0.15, 0.2) is 5.78 Å². The van der Waals surface area contributed by atoms with Crippen LogP contribution in [0.3, 0.4) is 0 Å². The Kier molecular flexibility index (Phi) is 3.74. The molecular weight excluding hydrogens is 202 g/mol. The van der Waals surface area contributed by atoms with Gasteiger partial charge >= 0.3 is 0 Å². The van der Waals surface area contributed by atoms with Gasteiger partial charge in [0.2, 0.25) is 0 Å². The van der Waals surface area contributed by atoms with Crippen molar-refractivity contribution in [1.82, 2.24) is 4.90 Å². The summed E-state index contributed by atoms with van der Waals surface area (Å²) in [7, 11) is 0. The lowest BCUT2D eigenvalue weighted by Crippen LogP contribution is -2.39. The molecule has 1 rings (SSSR count). The van der Waals surface area contributed by atoms with E-state index in [1.807, 2.05) is 18.7 Å². The van der Waals surface area contributed by atoms with E-state index in [0.717, 1.165) is 19.4 Å². The predicted molar refractivity (Wildman–Crippen MR) is 61.2 cm³/mol. The molecule has 1 fully saturated rings. The fraction of sp³-hybridized carbons (Fsp3) is 0.778. The van der Waals surface area contributed by atoms with Gasteiger partial charge in [-0.25, -0.2) is 0 Å². The summed E-state index contributed by atoms with van der Waals surface area (Å²) in [4.78, 5) is 13.7.